The molecule has 0 aromatic rings. The second-order valence-electron chi connectivity index (χ2n) is 2.20. The Morgan fingerprint density at radius 1 is 1.27 bits per heavy atom. The summed E-state index contributed by atoms with van der Waals surface area (Å²) in [4.78, 5) is 0.966. The molecule has 0 unspecified atom stereocenters. The molecule has 1 aliphatic heterocycles. The Bertz CT molecular complexity index is 379. The highest BCUT2D eigenvalue weighted by atomic mass is 33.1. The Morgan fingerprint density at radius 2 is 1.87 bits per heavy atom. The van der Waals surface area contributed by atoms with E-state index in [1.54, 1.807) is 0 Å². The fourth-order valence-corrected chi connectivity index (χ4v) is 3.35. The monoisotopic (exact) mass is 268 g/mol. The molecule has 0 aromatic heterocycles. The Balaban J connectivity index is 2.41. The van der Waals surface area contributed by atoms with Gasteiger partial charge in [0, 0.05) is 12.8 Å². The molecule has 0 aliphatic carbocycles. The third-order valence-electron chi connectivity index (χ3n) is 1.33. The minimum atomic E-state index is 0.00789. The molecule has 0 aromatic carbocycles. The molecule has 0 N–H and O–H groups in total. The summed E-state index contributed by atoms with van der Waals surface area (Å²) in [6.07, 6.45) is 3.63. The first-order chi connectivity index (χ1) is 7.31. The molecule has 6 heteroatoms. The van der Waals surface area contributed by atoms with Crippen molar-refractivity contribution in [2.75, 3.05) is 0 Å². The first-order valence-corrected chi connectivity index (χ1v) is 7.34. The number of nitrogens with zero attached hydrogens (tertiary/aromatic N) is 2. The highest BCUT2D eigenvalue weighted by Gasteiger charge is 2.25. The minimum absolute atomic E-state index is 0.00789. The van der Waals surface area contributed by atoms with E-state index in [1.165, 1.54) is 23.5 Å². The maximum atomic E-state index is 8.73. The number of allylic oxidation sites excluding steroid dienone is 2. The van der Waals surface area contributed by atoms with Gasteiger partial charge in [0.15, 0.2) is 0 Å². The predicted molar refractivity (Wildman–Crippen MR) is 69.4 cm³/mol. The van der Waals surface area contributed by atoms with Gasteiger partial charge in [0.25, 0.3) is 0 Å². The molecule has 2 nitrogen and oxygen atoms in total. The lowest BCUT2D eigenvalue weighted by Crippen LogP contribution is -1.91. The fourth-order valence-electron chi connectivity index (χ4n) is 0.785. The first-order valence-electron chi connectivity index (χ1n) is 3.71. The van der Waals surface area contributed by atoms with Gasteiger partial charge < -0.3 is 0 Å². The zero-order chi connectivity index (χ0) is 11.1. The minimum Gasteiger partial charge on any atom is -0.192 e. The summed E-state index contributed by atoms with van der Waals surface area (Å²) in [6.45, 7) is 0. The van der Waals surface area contributed by atoms with Crippen molar-refractivity contribution in [2.24, 2.45) is 0 Å². The molecule has 0 amide bonds. The van der Waals surface area contributed by atoms with Crippen LogP contribution in [-0.4, -0.2) is 4.58 Å². The van der Waals surface area contributed by atoms with Crippen molar-refractivity contribution < 1.29 is 0 Å². The molecule has 0 saturated heterocycles. The zero-order valence-corrected chi connectivity index (χ0v) is 10.7. The van der Waals surface area contributed by atoms with Crippen LogP contribution in [-0.2, 0) is 0 Å². The summed E-state index contributed by atoms with van der Waals surface area (Å²) in [5.41, 5.74) is 0. The lowest BCUT2D eigenvalue weighted by molar-refractivity contribution is 1.24. The third kappa shape index (κ3) is 3.97. The molecule has 0 atom stereocenters. The quantitative estimate of drug-likeness (QED) is 0.474. The van der Waals surface area contributed by atoms with E-state index in [-0.39, 0.29) is 4.58 Å². The highest BCUT2D eigenvalue weighted by molar-refractivity contribution is 8.70. The SMILES string of the molecule is N#CC1=C(C#N)SC([C]CC#CSS)S1. The highest BCUT2D eigenvalue weighted by Crippen LogP contribution is 2.46. The number of nitriles is 2. The topological polar surface area (TPSA) is 47.6 Å². The van der Waals surface area contributed by atoms with Crippen molar-refractivity contribution in [3.8, 4) is 23.3 Å². The maximum Gasteiger partial charge on any atom is 0.110 e. The summed E-state index contributed by atoms with van der Waals surface area (Å²) in [6, 6.07) is 4.01. The molecule has 1 heterocycles. The zero-order valence-electron chi connectivity index (χ0n) is 7.35. The molecular weight excluding hydrogens is 264 g/mol. The number of hydrogen-bond donors (Lipinski definition) is 1. The lowest BCUT2D eigenvalue weighted by atomic mass is 10.3. The summed E-state index contributed by atoms with van der Waals surface area (Å²) in [7, 11) is 1.16. The van der Waals surface area contributed by atoms with E-state index >= 15 is 0 Å². The Hall–Kier alpha value is -0.320. The van der Waals surface area contributed by atoms with Gasteiger partial charge in [-0.1, -0.05) is 41.1 Å². The average molecular weight is 268 g/mol. The number of thiol groups is 1. The molecule has 1 rings (SSSR count). The van der Waals surface area contributed by atoms with Crippen molar-refractivity contribution in [1.82, 2.24) is 0 Å². The lowest BCUT2D eigenvalue weighted by Gasteiger charge is -2.02. The fraction of sp³-hybridized carbons (Fsp3) is 0.222. The molecule has 15 heavy (non-hydrogen) atoms. The van der Waals surface area contributed by atoms with Crippen molar-refractivity contribution in [1.29, 1.82) is 10.5 Å². The van der Waals surface area contributed by atoms with Crippen LogP contribution in [0.4, 0.5) is 0 Å². The molecule has 0 bridgehead atoms. The van der Waals surface area contributed by atoms with Gasteiger partial charge in [-0.3, -0.25) is 0 Å². The van der Waals surface area contributed by atoms with Gasteiger partial charge in [0.1, 0.15) is 21.9 Å². The molecule has 74 valence electrons. The summed E-state index contributed by atoms with van der Waals surface area (Å²) in [5.74, 6) is 2.84. The maximum absolute atomic E-state index is 8.73. The van der Waals surface area contributed by atoms with Crippen LogP contribution in [0.1, 0.15) is 6.42 Å². The van der Waals surface area contributed by atoms with Gasteiger partial charge in [-0.05, 0) is 16.0 Å². The average Bonchev–Trinajstić information content (AvgIpc) is 2.67. The van der Waals surface area contributed by atoms with Crippen molar-refractivity contribution in [3.63, 3.8) is 0 Å². The van der Waals surface area contributed by atoms with Gasteiger partial charge in [0.2, 0.25) is 0 Å². The Morgan fingerprint density at radius 3 is 2.33 bits per heavy atom. The predicted octanol–water partition coefficient (Wildman–Crippen LogP) is 3.06. The summed E-state index contributed by atoms with van der Waals surface area (Å²) >= 11 is 6.58. The van der Waals surface area contributed by atoms with E-state index in [0.29, 0.717) is 16.2 Å². The first kappa shape index (κ1) is 12.7. The Labute approximate surface area is 107 Å². The normalized spacial score (nSPS) is 15.4. The van der Waals surface area contributed by atoms with Crippen LogP contribution in [0.15, 0.2) is 9.81 Å². The van der Waals surface area contributed by atoms with Gasteiger partial charge >= 0.3 is 0 Å². The van der Waals surface area contributed by atoms with E-state index in [4.69, 9.17) is 10.5 Å². The van der Waals surface area contributed by atoms with Crippen LogP contribution in [0, 0.1) is 40.3 Å². The molecule has 0 spiro atoms. The van der Waals surface area contributed by atoms with E-state index in [1.807, 2.05) is 12.1 Å². The molecular formula is C9H4N2S4. The van der Waals surface area contributed by atoms with Crippen molar-refractivity contribution in [2.45, 2.75) is 11.0 Å². The van der Waals surface area contributed by atoms with Crippen LogP contribution in [0.3, 0.4) is 0 Å². The second kappa shape index (κ2) is 7.04. The number of thioether (sulfide) groups is 2. The van der Waals surface area contributed by atoms with Crippen LogP contribution in [0.25, 0.3) is 0 Å². The van der Waals surface area contributed by atoms with E-state index in [0.717, 1.165) is 10.8 Å². The van der Waals surface area contributed by atoms with Gasteiger partial charge in [-0.25, -0.2) is 0 Å². The third-order valence-corrected chi connectivity index (χ3v) is 4.37. The van der Waals surface area contributed by atoms with Crippen molar-refractivity contribution in [3.05, 3.63) is 16.2 Å². The van der Waals surface area contributed by atoms with Gasteiger partial charge in [0.05, 0.1) is 4.58 Å². The largest absolute Gasteiger partial charge is 0.192 e. The summed E-state index contributed by atoms with van der Waals surface area (Å²) < 4.78 is 0.00789. The van der Waals surface area contributed by atoms with Gasteiger partial charge in [-0.15, -0.1) is 0 Å². The van der Waals surface area contributed by atoms with Crippen LogP contribution in [0.5, 0.6) is 0 Å². The van der Waals surface area contributed by atoms with E-state index in [2.05, 4.69) is 29.3 Å². The van der Waals surface area contributed by atoms with Crippen LogP contribution in [0.2, 0.25) is 0 Å². The second-order valence-corrected chi connectivity index (χ2v) is 5.66. The van der Waals surface area contributed by atoms with E-state index < -0.39 is 0 Å². The standard InChI is InChI=1S/C9H4N2S4/c10-5-7-8(6-11)15-9(14-7)3-1-2-4-13-12/h9,12H,1H2. The number of hydrogen-bond acceptors (Lipinski definition) is 6. The molecule has 2 radical (unpaired) electrons. The Kier molecular flexibility index (Phi) is 5.98. The molecule has 1 aliphatic rings. The van der Waals surface area contributed by atoms with Crippen molar-refractivity contribution >= 4 is 46.0 Å². The van der Waals surface area contributed by atoms with Gasteiger partial charge in [-0.2, -0.15) is 10.5 Å². The smallest absolute Gasteiger partial charge is 0.110 e. The van der Waals surface area contributed by atoms with Crippen LogP contribution < -0.4 is 0 Å². The molecule has 0 saturated carbocycles. The van der Waals surface area contributed by atoms with E-state index in [9.17, 15) is 0 Å². The molecule has 0 fully saturated rings. The number of rotatable bonds is 2. The van der Waals surface area contributed by atoms with Crippen LogP contribution >= 0.6 is 46.0 Å². The summed E-state index contributed by atoms with van der Waals surface area (Å²) in [5, 5.41) is 20.2.